The Morgan fingerprint density at radius 1 is 1.37 bits per heavy atom. The molecule has 2 atom stereocenters. The molecule has 0 aromatic heterocycles. The lowest BCUT2D eigenvalue weighted by Gasteiger charge is -2.24. The van der Waals surface area contributed by atoms with Gasteiger partial charge in [-0.3, -0.25) is 0 Å². The molecule has 0 saturated carbocycles. The molecular formula is C16H26N2O. The van der Waals surface area contributed by atoms with Crippen LogP contribution in [0.1, 0.15) is 24.8 Å². The van der Waals surface area contributed by atoms with Gasteiger partial charge in [-0.2, -0.15) is 0 Å². The van der Waals surface area contributed by atoms with Crippen LogP contribution in [0, 0.1) is 0 Å². The van der Waals surface area contributed by atoms with Gasteiger partial charge in [-0.05, 0) is 31.0 Å². The van der Waals surface area contributed by atoms with Gasteiger partial charge in [0.15, 0.2) is 0 Å². The van der Waals surface area contributed by atoms with Crippen molar-refractivity contribution in [1.82, 2.24) is 10.2 Å². The van der Waals surface area contributed by atoms with Gasteiger partial charge in [0.25, 0.3) is 0 Å². The molecule has 0 amide bonds. The second-order valence-electron chi connectivity index (χ2n) is 5.37. The first-order valence-electron chi connectivity index (χ1n) is 7.33. The Bertz CT molecular complexity index is 349. The standard InChI is InChI=1S/C16H26N2O/c1-3-17-16(13-19-2)12-18-10-9-15(11-18)14-7-5-4-6-8-14/h4-8,15-17H,3,9-13H2,1-2H3. The van der Waals surface area contributed by atoms with Crippen molar-refractivity contribution in [3.05, 3.63) is 35.9 Å². The highest BCUT2D eigenvalue weighted by atomic mass is 16.5. The zero-order valence-electron chi connectivity index (χ0n) is 12.1. The molecule has 2 unspecified atom stereocenters. The molecule has 0 bridgehead atoms. The van der Waals surface area contributed by atoms with E-state index in [-0.39, 0.29) is 0 Å². The quantitative estimate of drug-likeness (QED) is 0.814. The molecule has 0 spiro atoms. The van der Waals surface area contributed by atoms with Gasteiger partial charge in [0.1, 0.15) is 0 Å². The molecule has 1 aliphatic heterocycles. The minimum atomic E-state index is 0.449. The third kappa shape index (κ3) is 4.30. The van der Waals surface area contributed by atoms with E-state index in [0.717, 1.165) is 19.7 Å². The maximum absolute atomic E-state index is 5.29. The van der Waals surface area contributed by atoms with Crippen LogP contribution in [0.2, 0.25) is 0 Å². The van der Waals surface area contributed by atoms with Gasteiger partial charge in [0.2, 0.25) is 0 Å². The van der Waals surface area contributed by atoms with E-state index >= 15 is 0 Å². The van der Waals surface area contributed by atoms with Crippen molar-refractivity contribution < 1.29 is 4.74 Å². The molecule has 1 aliphatic rings. The van der Waals surface area contributed by atoms with Crippen LogP contribution >= 0.6 is 0 Å². The molecule has 3 nitrogen and oxygen atoms in total. The van der Waals surface area contributed by atoms with E-state index in [1.807, 2.05) is 0 Å². The zero-order chi connectivity index (χ0) is 13.5. The first kappa shape index (κ1) is 14.5. The number of nitrogens with zero attached hydrogens (tertiary/aromatic N) is 1. The molecule has 19 heavy (non-hydrogen) atoms. The van der Waals surface area contributed by atoms with E-state index < -0.39 is 0 Å². The maximum Gasteiger partial charge on any atom is 0.0628 e. The minimum Gasteiger partial charge on any atom is -0.383 e. The number of ether oxygens (including phenoxy) is 1. The highest BCUT2D eigenvalue weighted by molar-refractivity contribution is 5.21. The summed E-state index contributed by atoms with van der Waals surface area (Å²) in [4.78, 5) is 2.56. The maximum atomic E-state index is 5.29. The Labute approximate surface area is 116 Å². The minimum absolute atomic E-state index is 0.449. The lowest BCUT2D eigenvalue weighted by atomic mass is 9.99. The van der Waals surface area contributed by atoms with E-state index in [4.69, 9.17) is 4.74 Å². The summed E-state index contributed by atoms with van der Waals surface area (Å²) >= 11 is 0. The SMILES string of the molecule is CCNC(COC)CN1CCC(c2ccccc2)C1. The largest absolute Gasteiger partial charge is 0.383 e. The molecule has 0 radical (unpaired) electrons. The van der Waals surface area contributed by atoms with Gasteiger partial charge in [0, 0.05) is 26.2 Å². The number of likely N-dealkylation sites (tertiary alicyclic amines) is 1. The fourth-order valence-corrected chi connectivity index (χ4v) is 2.97. The van der Waals surface area contributed by atoms with Crippen LogP contribution in [0.25, 0.3) is 0 Å². The van der Waals surface area contributed by atoms with Crippen molar-refractivity contribution in [3.63, 3.8) is 0 Å². The van der Waals surface area contributed by atoms with Crippen molar-refractivity contribution in [2.45, 2.75) is 25.3 Å². The summed E-state index contributed by atoms with van der Waals surface area (Å²) in [6.45, 7) is 7.41. The van der Waals surface area contributed by atoms with Gasteiger partial charge < -0.3 is 15.0 Å². The highest BCUT2D eigenvalue weighted by Gasteiger charge is 2.25. The Morgan fingerprint density at radius 3 is 2.84 bits per heavy atom. The number of nitrogens with one attached hydrogen (secondary N) is 1. The molecule has 1 heterocycles. The third-order valence-corrected chi connectivity index (χ3v) is 3.88. The molecule has 1 saturated heterocycles. The van der Waals surface area contributed by atoms with Crippen molar-refractivity contribution in [2.24, 2.45) is 0 Å². The summed E-state index contributed by atoms with van der Waals surface area (Å²) in [7, 11) is 1.78. The van der Waals surface area contributed by atoms with Crippen LogP contribution < -0.4 is 5.32 Å². The molecule has 1 aromatic rings. The van der Waals surface area contributed by atoms with Gasteiger partial charge in [-0.1, -0.05) is 37.3 Å². The van der Waals surface area contributed by atoms with Gasteiger partial charge in [-0.25, -0.2) is 0 Å². The molecular weight excluding hydrogens is 236 g/mol. The molecule has 106 valence electrons. The van der Waals surface area contributed by atoms with Crippen LogP contribution in [0.3, 0.4) is 0 Å². The number of methoxy groups -OCH3 is 1. The first-order chi connectivity index (χ1) is 9.33. The summed E-state index contributed by atoms with van der Waals surface area (Å²) < 4.78 is 5.29. The number of rotatable bonds is 7. The number of likely N-dealkylation sites (N-methyl/N-ethyl adjacent to an activating group) is 1. The summed E-state index contributed by atoms with van der Waals surface area (Å²) in [6, 6.07) is 11.3. The van der Waals surface area contributed by atoms with E-state index in [2.05, 4.69) is 47.5 Å². The van der Waals surface area contributed by atoms with Gasteiger partial charge >= 0.3 is 0 Å². The van der Waals surface area contributed by atoms with E-state index in [0.29, 0.717) is 12.0 Å². The molecule has 3 heteroatoms. The summed E-state index contributed by atoms with van der Waals surface area (Å²) in [5, 5.41) is 3.50. The van der Waals surface area contributed by atoms with E-state index in [9.17, 15) is 0 Å². The van der Waals surface area contributed by atoms with Crippen LogP contribution in [0.15, 0.2) is 30.3 Å². The van der Waals surface area contributed by atoms with Crippen molar-refractivity contribution in [1.29, 1.82) is 0 Å². The van der Waals surface area contributed by atoms with Crippen LogP contribution in [0.5, 0.6) is 0 Å². The average Bonchev–Trinajstić information content (AvgIpc) is 2.89. The van der Waals surface area contributed by atoms with Crippen molar-refractivity contribution in [2.75, 3.05) is 39.9 Å². The van der Waals surface area contributed by atoms with Crippen molar-refractivity contribution in [3.8, 4) is 0 Å². The second kappa shape index (κ2) is 7.63. The lowest BCUT2D eigenvalue weighted by Crippen LogP contribution is -2.43. The monoisotopic (exact) mass is 262 g/mol. The fraction of sp³-hybridized carbons (Fsp3) is 0.625. The molecule has 2 rings (SSSR count). The summed E-state index contributed by atoms with van der Waals surface area (Å²) in [5.74, 6) is 0.700. The molecule has 1 aromatic carbocycles. The predicted octanol–water partition coefficient (Wildman–Crippen LogP) is 2.10. The van der Waals surface area contributed by atoms with Gasteiger partial charge in [-0.15, -0.1) is 0 Å². The zero-order valence-corrected chi connectivity index (χ0v) is 12.1. The Kier molecular flexibility index (Phi) is 5.83. The summed E-state index contributed by atoms with van der Waals surface area (Å²) in [5.41, 5.74) is 1.48. The molecule has 0 aliphatic carbocycles. The lowest BCUT2D eigenvalue weighted by molar-refractivity contribution is 0.146. The van der Waals surface area contributed by atoms with Gasteiger partial charge in [0.05, 0.1) is 6.61 Å². The normalized spacial score (nSPS) is 21.7. The Hall–Kier alpha value is -0.900. The first-order valence-corrected chi connectivity index (χ1v) is 7.33. The fourth-order valence-electron chi connectivity index (χ4n) is 2.97. The van der Waals surface area contributed by atoms with Crippen LogP contribution in [-0.4, -0.2) is 50.8 Å². The number of hydrogen-bond donors (Lipinski definition) is 1. The number of hydrogen-bond acceptors (Lipinski definition) is 3. The van der Waals surface area contributed by atoms with Crippen molar-refractivity contribution >= 4 is 0 Å². The third-order valence-electron chi connectivity index (χ3n) is 3.88. The Balaban J connectivity index is 1.84. The second-order valence-corrected chi connectivity index (χ2v) is 5.37. The highest BCUT2D eigenvalue weighted by Crippen LogP contribution is 2.26. The average molecular weight is 262 g/mol. The van der Waals surface area contributed by atoms with Crippen LogP contribution in [-0.2, 0) is 4.74 Å². The van der Waals surface area contributed by atoms with E-state index in [1.165, 1.54) is 25.1 Å². The molecule has 1 N–H and O–H groups in total. The number of benzene rings is 1. The smallest absolute Gasteiger partial charge is 0.0628 e. The Morgan fingerprint density at radius 2 is 2.16 bits per heavy atom. The predicted molar refractivity (Wildman–Crippen MR) is 79.6 cm³/mol. The molecule has 1 fully saturated rings. The summed E-state index contributed by atoms with van der Waals surface area (Å²) in [6.07, 6.45) is 1.27. The topological polar surface area (TPSA) is 24.5 Å². The van der Waals surface area contributed by atoms with E-state index in [1.54, 1.807) is 7.11 Å². The van der Waals surface area contributed by atoms with Crippen LogP contribution in [0.4, 0.5) is 0 Å².